The summed E-state index contributed by atoms with van der Waals surface area (Å²) in [7, 11) is 0. The fourth-order valence-electron chi connectivity index (χ4n) is 3.33. The SMILES string of the molecule is C[C@H]1CCCN(C(=O)COC(=O)c2ccc(C(=O)C(=O)c3ccccc3)cc2)C1. The van der Waals surface area contributed by atoms with Gasteiger partial charge in [-0.2, -0.15) is 0 Å². The van der Waals surface area contributed by atoms with Gasteiger partial charge in [-0.15, -0.1) is 0 Å². The maximum Gasteiger partial charge on any atom is 0.338 e. The van der Waals surface area contributed by atoms with Crippen LogP contribution in [-0.2, 0) is 9.53 Å². The van der Waals surface area contributed by atoms with E-state index in [-0.39, 0.29) is 23.6 Å². The van der Waals surface area contributed by atoms with Crippen LogP contribution in [-0.4, -0.2) is 48.0 Å². The van der Waals surface area contributed by atoms with Gasteiger partial charge in [-0.05, 0) is 30.9 Å². The Morgan fingerprint density at radius 1 is 0.897 bits per heavy atom. The molecule has 1 saturated heterocycles. The summed E-state index contributed by atoms with van der Waals surface area (Å²) in [5, 5.41) is 0. The van der Waals surface area contributed by atoms with Crippen LogP contribution < -0.4 is 0 Å². The first kappa shape index (κ1) is 20.5. The third-order valence-electron chi connectivity index (χ3n) is 4.96. The molecule has 1 aliphatic heterocycles. The smallest absolute Gasteiger partial charge is 0.338 e. The van der Waals surface area contributed by atoms with Crippen molar-refractivity contribution in [3.63, 3.8) is 0 Å². The van der Waals surface area contributed by atoms with E-state index in [2.05, 4.69) is 6.92 Å². The molecule has 0 aromatic heterocycles. The summed E-state index contributed by atoms with van der Waals surface area (Å²) in [6, 6.07) is 13.9. The summed E-state index contributed by atoms with van der Waals surface area (Å²) in [4.78, 5) is 50.7. The van der Waals surface area contributed by atoms with Gasteiger partial charge in [-0.25, -0.2) is 4.79 Å². The van der Waals surface area contributed by atoms with E-state index in [9.17, 15) is 19.2 Å². The summed E-state index contributed by atoms with van der Waals surface area (Å²) >= 11 is 0. The molecule has 0 radical (unpaired) electrons. The van der Waals surface area contributed by atoms with E-state index < -0.39 is 17.5 Å². The van der Waals surface area contributed by atoms with Crippen LogP contribution in [0.15, 0.2) is 54.6 Å². The van der Waals surface area contributed by atoms with Crippen molar-refractivity contribution in [2.24, 2.45) is 5.92 Å². The third kappa shape index (κ3) is 5.16. The van der Waals surface area contributed by atoms with Crippen molar-refractivity contribution in [3.8, 4) is 0 Å². The van der Waals surface area contributed by atoms with Gasteiger partial charge in [0.15, 0.2) is 6.61 Å². The van der Waals surface area contributed by atoms with E-state index in [0.29, 0.717) is 24.6 Å². The predicted molar refractivity (Wildman–Crippen MR) is 107 cm³/mol. The Morgan fingerprint density at radius 2 is 1.48 bits per heavy atom. The van der Waals surface area contributed by atoms with Gasteiger partial charge in [0.2, 0.25) is 11.6 Å². The zero-order chi connectivity index (χ0) is 20.8. The lowest BCUT2D eigenvalue weighted by molar-refractivity contribution is -0.136. The molecule has 0 bridgehead atoms. The molecule has 0 spiro atoms. The third-order valence-corrected chi connectivity index (χ3v) is 4.96. The highest BCUT2D eigenvalue weighted by Gasteiger charge is 2.22. The van der Waals surface area contributed by atoms with Crippen LogP contribution >= 0.6 is 0 Å². The molecule has 150 valence electrons. The van der Waals surface area contributed by atoms with Gasteiger partial charge in [0, 0.05) is 24.2 Å². The molecule has 0 unspecified atom stereocenters. The number of rotatable bonds is 6. The molecule has 3 rings (SSSR count). The van der Waals surface area contributed by atoms with Crippen molar-refractivity contribution in [2.75, 3.05) is 19.7 Å². The van der Waals surface area contributed by atoms with E-state index in [1.807, 2.05) is 0 Å². The largest absolute Gasteiger partial charge is 0.452 e. The average Bonchev–Trinajstić information content (AvgIpc) is 2.77. The molecule has 0 aliphatic carbocycles. The van der Waals surface area contributed by atoms with Gasteiger partial charge in [0.1, 0.15) is 0 Å². The summed E-state index contributed by atoms with van der Waals surface area (Å²) in [5.74, 6) is -1.65. The van der Waals surface area contributed by atoms with Gasteiger partial charge in [0.25, 0.3) is 5.91 Å². The molecule has 0 saturated carbocycles. The molecule has 0 N–H and O–H groups in total. The Balaban J connectivity index is 1.56. The number of benzene rings is 2. The molecule has 1 fully saturated rings. The number of likely N-dealkylation sites (tertiary alicyclic amines) is 1. The number of amides is 1. The van der Waals surface area contributed by atoms with Gasteiger partial charge < -0.3 is 9.64 Å². The summed E-state index contributed by atoms with van der Waals surface area (Å²) < 4.78 is 5.11. The Morgan fingerprint density at radius 3 is 2.10 bits per heavy atom. The lowest BCUT2D eigenvalue weighted by Gasteiger charge is -2.30. The first-order valence-electron chi connectivity index (χ1n) is 9.64. The normalized spacial score (nSPS) is 16.2. The van der Waals surface area contributed by atoms with Crippen LogP contribution in [0.4, 0.5) is 0 Å². The molecule has 6 heteroatoms. The Hall–Kier alpha value is -3.28. The topological polar surface area (TPSA) is 80.8 Å². The van der Waals surface area contributed by atoms with Crippen LogP contribution in [0.1, 0.15) is 50.8 Å². The van der Waals surface area contributed by atoms with Crippen LogP contribution in [0, 0.1) is 5.92 Å². The van der Waals surface area contributed by atoms with Crippen molar-refractivity contribution >= 4 is 23.4 Å². The fourth-order valence-corrected chi connectivity index (χ4v) is 3.33. The highest BCUT2D eigenvalue weighted by Crippen LogP contribution is 2.16. The summed E-state index contributed by atoms with van der Waals surface area (Å²) in [6.07, 6.45) is 2.06. The minimum Gasteiger partial charge on any atom is -0.452 e. The van der Waals surface area contributed by atoms with E-state index in [1.54, 1.807) is 35.2 Å². The number of ether oxygens (including phenoxy) is 1. The van der Waals surface area contributed by atoms with Crippen molar-refractivity contribution in [2.45, 2.75) is 19.8 Å². The summed E-state index contributed by atoms with van der Waals surface area (Å²) in [6.45, 7) is 3.16. The van der Waals surface area contributed by atoms with E-state index in [0.717, 1.165) is 12.8 Å². The van der Waals surface area contributed by atoms with Crippen LogP contribution in [0.25, 0.3) is 0 Å². The van der Waals surface area contributed by atoms with E-state index in [1.165, 1.54) is 24.3 Å². The first-order chi connectivity index (χ1) is 14.0. The maximum atomic E-state index is 12.3. The number of carbonyl (C=O) groups is 4. The van der Waals surface area contributed by atoms with Gasteiger partial charge in [0.05, 0.1) is 5.56 Å². The van der Waals surface area contributed by atoms with Crippen molar-refractivity contribution in [3.05, 3.63) is 71.3 Å². The molecular weight excluding hydrogens is 370 g/mol. The van der Waals surface area contributed by atoms with Crippen molar-refractivity contribution < 1.29 is 23.9 Å². The average molecular weight is 393 g/mol. The Bertz CT molecular complexity index is 905. The second-order valence-electron chi connectivity index (χ2n) is 7.26. The number of hydrogen-bond acceptors (Lipinski definition) is 5. The van der Waals surface area contributed by atoms with Crippen molar-refractivity contribution in [1.29, 1.82) is 0 Å². The highest BCUT2D eigenvalue weighted by atomic mass is 16.5. The van der Waals surface area contributed by atoms with Crippen LogP contribution in [0.5, 0.6) is 0 Å². The molecule has 29 heavy (non-hydrogen) atoms. The minimum atomic E-state index is -0.648. The first-order valence-corrected chi connectivity index (χ1v) is 9.64. The standard InChI is InChI=1S/C23H23NO5/c1-16-6-5-13-24(14-16)20(25)15-29-23(28)19-11-9-18(10-12-19)22(27)21(26)17-7-3-2-4-8-17/h2-4,7-12,16H,5-6,13-15H2,1H3/t16-/m0/s1. The Labute approximate surface area is 169 Å². The molecule has 1 amide bonds. The molecule has 1 atom stereocenters. The second kappa shape index (κ2) is 9.28. The molecule has 2 aromatic rings. The van der Waals surface area contributed by atoms with Crippen LogP contribution in [0.3, 0.4) is 0 Å². The highest BCUT2D eigenvalue weighted by molar-refractivity contribution is 6.49. The van der Waals surface area contributed by atoms with E-state index >= 15 is 0 Å². The number of hydrogen-bond donors (Lipinski definition) is 0. The molecule has 1 heterocycles. The molecular formula is C23H23NO5. The van der Waals surface area contributed by atoms with E-state index in [4.69, 9.17) is 4.74 Å². The number of piperidine rings is 1. The number of esters is 1. The van der Waals surface area contributed by atoms with Crippen LogP contribution in [0.2, 0.25) is 0 Å². The van der Waals surface area contributed by atoms with Crippen molar-refractivity contribution in [1.82, 2.24) is 4.90 Å². The minimum absolute atomic E-state index is 0.189. The predicted octanol–water partition coefficient (Wildman–Crippen LogP) is 3.17. The number of Topliss-reactive ketones (excluding diaryl/α,β-unsaturated/α-hetero) is 2. The van der Waals surface area contributed by atoms with Gasteiger partial charge in [-0.3, -0.25) is 14.4 Å². The molecule has 2 aromatic carbocycles. The summed E-state index contributed by atoms with van der Waals surface area (Å²) in [5.41, 5.74) is 0.717. The van der Waals surface area contributed by atoms with Gasteiger partial charge >= 0.3 is 5.97 Å². The zero-order valence-electron chi connectivity index (χ0n) is 16.3. The number of carbonyl (C=O) groups excluding carboxylic acids is 4. The number of ketones is 2. The monoisotopic (exact) mass is 393 g/mol. The number of nitrogens with zero attached hydrogens (tertiary/aromatic N) is 1. The maximum absolute atomic E-state index is 12.3. The van der Waals surface area contributed by atoms with Gasteiger partial charge in [-0.1, -0.05) is 49.4 Å². The quantitative estimate of drug-likeness (QED) is 0.428. The molecule has 6 nitrogen and oxygen atoms in total. The lowest BCUT2D eigenvalue weighted by atomic mass is 10.0. The fraction of sp³-hybridized carbons (Fsp3) is 0.304. The molecule has 1 aliphatic rings. The zero-order valence-corrected chi connectivity index (χ0v) is 16.3. The Kier molecular flexibility index (Phi) is 6.54. The lowest BCUT2D eigenvalue weighted by Crippen LogP contribution is -2.41. The second-order valence-corrected chi connectivity index (χ2v) is 7.26.